The van der Waals surface area contributed by atoms with Gasteiger partial charge < -0.3 is 20.1 Å². The van der Waals surface area contributed by atoms with Gasteiger partial charge in [0, 0.05) is 30.8 Å². The molecule has 1 aliphatic rings. The van der Waals surface area contributed by atoms with Gasteiger partial charge in [-0.2, -0.15) is 0 Å². The molecule has 0 fully saturated rings. The maximum Gasteiger partial charge on any atom is 0.259 e. The number of ether oxygens (including phenoxy) is 1. The number of aliphatic hydroxyl groups excluding tert-OH is 1. The number of hydrogen-bond donors (Lipinski definition) is 2. The predicted molar refractivity (Wildman–Crippen MR) is 105 cm³/mol. The summed E-state index contributed by atoms with van der Waals surface area (Å²) < 4.78 is 19.7. The van der Waals surface area contributed by atoms with Crippen LogP contribution in [-0.4, -0.2) is 59.8 Å². The lowest BCUT2D eigenvalue weighted by atomic mass is 9.99. The van der Waals surface area contributed by atoms with E-state index in [9.17, 15) is 14.3 Å². The summed E-state index contributed by atoms with van der Waals surface area (Å²) in [6.45, 7) is 4.74. The van der Waals surface area contributed by atoms with Gasteiger partial charge >= 0.3 is 0 Å². The maximum atomic E-state index is 13.6. The van der Waals surface area contributed by atoms with Crippen LogP contribution < -0.4 is 10.1 Å². The molecule has 2 N–H and O–H groups in total. The zero-order chi connectivity index (χ0) is 20.3. The molecule has 0 saturated carbocycles. The highest BCUT2D eigenvalue weighted by Gasteiger charge is 2.33. The standard InChI is InChI=1S/C21H26FN3O3/c1-13-11-25(14(2)12-26)21(27)18-8-16(15-5-4-6-17(22)7-15)9-24-20(18)28-19(13)10-23-3/h4-9,13-14,19,23,26H,10-12H2,1-3H3/t13-,14-,19-/m0/s1. The van der Waals surface area contributed by atoms with Crippen molar-refractivity contribution in [2.75, 3.05) is 26.7 Å². The number of aromatic nitrogens is 1. The van der Waals surface area contributed by atoms with E-state index in [1.807, 2.05) is 20.9 Å². The van der Waals surface area contributed by atoms with E-state index < -0.39 is 0 Å². The number of nitrogens with one attached hydrogen (secondary N) is 1. The Balaban J connectivity index is 2.08. The van der Waals surface area contributed by atoms with Crippen molar-refractivity contribution in [2.24, 2.45) is 5.92 Å². The molecule has 1 amide bonds. The van der Waals surface area contributed by atoms with E-state index in [-0.39, 0.29) is 42.3 Å². The molecule has 7 heteroatoms. The Bertz CT molecular complexity index is 845. The fourth-order valence-corrected chi connectivity index (χ4v) is 3.37. The fourth-order valence-electron chi connectivity index (χ4n) is 3.37. The van der Waals surface area contributed by atoms with Gasteiger partial charge in [-0.25, -0.2) is 9.37 Å². The van der Waals surface area contributed by atoms with Crippen LogP contribution in [0.15, 0.2) is 36.5 Å². The van der Waals surface area contributed by atoms with Gasteiger partial charge in [0.15, 0.2) is 0 Å². The number of halogens is 1. The lowest BCUT2D eigenvalue weighted by Gasteiger charge is -2.36. The van der Waals surface area contributed by atoms with E-state index in [1.54, 1.807) is 29.3 Å². The number of pyridine rings is 1. The van der Waals surface area contributed by atoms with E-state index in [0.29, 0.717) is 29.8 Å². The third kappa shape index (κ3) is 4.15. The zero-order valence-corrected chi connectivity index (χ0v) is 16.4. The van der Waals surface area contributed by atoms with E-state index in [1.165, 1.54) is 12.1 Å². The van der Waals surface area contributed by atoms with Gasteiger partial charge in [0.1, 0.15) is 17.5 Å². The van der Waals surface area contributed by atoms with Crippen molar-refractivity contribution in [1.29, 1.82) is 0 Å². The van der Waals surface area contributed by atoms with Crippen molar-refractivity contribution >= 4 is 5.91 Å². The van der Waals surface area contributed by atoms with Crippen molar-refractivity contribution in [3.63, 3.8) is 0 Å². The highest BCUT2D eigenvalue weighted by atomic mass is 19.1. The number of amides is 1. The number of rotatable bonds is 5. The minimum absolute atomic E-state index is 0.0447. The largest absolute Gasteiger partial charge is 0.472 e. The first-order chi connectivity index (χ1) is 13.4. The minimum atomic E-state index is -0.356. The van der Waals surface area contributed by atoms with Crippen molar-refractivity contribution < 1.29 is 19.0 Å². The van der Waals surface area contributed by atoms with Gasteiger partial charge in [-0.05, 0) is 37.7 Å². The molecule has 0 aliphatic carbocycles. The molecule has 2 heterocycles. The van der Waals surface area contributed by atoms with E-state index in [4.69, 9.17) is 4.74 Å². The molecule has 150 valence electrons. The normalized spacial score (nSPS) is 20.8. The molecule has 6 nitrogen and oxygen atoms in total. The number of hydrogen-bond acceptors (Lipinski definition) is 5. The van der Waals surface area contributed by atoms with Gasteiger partial charge in [0.05, 0.1) is 12.6 Å². The molecule has 28 heavy (non-hydrogen) atoms. The molecule has 0 radical (unpaired) electrons. The summed E-state index contributed by atoms with van der Waals surface area (Å²) in [5.74, 6) is -0.308. The Morgan fingerprint density at radius 3 is 2.86 bits per heavy atom. The molecule has 1 aromatic heterocycles. The van der Waals surface area contributed by atoms with Gasteiger partial charge in [0.2, 0.25) is 5.88 Å². The van der Waals surface area contributed by atoms with E-state index in [2.05, 4.69) is 10.3 Å². The highest BCUT2D eigenvalue weighted by molar-refractivity contribution is 5.98. The van der Waals surface area contributed by atoms with Crippen LogP contribution in [-0.2, 0) is 0 Å². The Hall–Kier alpha value is -2.51. The Morgan fingerprint density at radius 2 is 2.18 bits per heavy atom. The fraction of sp³-hybridized carbons (Fsp3) is 0.429. The molecule has 1 aliphatic heterocycles. The van der Waals surface area contributed by atoms with Gasteiger partial charge in [-0.3, -0.25) is 4.79 Å². The Kier molecular flexibility index (Phi) is 6.26. The van der Waals surface area contributed by atoms with Crippen LogP contribution >= 0.6 is 0 Å². The van der Waals surface area contributed by atoms with Gasteiger partial charge in [-0.1, -0.05) is 19.1 Å². The van der Waals surface area contributed by atoms with Crippen molar-refractivity contribution in [3.05, 3.63) is 47.9 Å². The molecular formula is C21H26FN3O3. The smallest absolute Gasteiger partial charge is 0.259 e. The van der Waals surface area contributed by atoms with Crippen LogP contribution in [0, 0.1) is 11.7 Å². The lowest BCUT2D eigenvalue weighted by molar-refractivity contribution is 0.0404. The number of likely N-dealkylation sites (N-methyl/N-ethyl adjacent to an activating group) is 1. The van der Waals surface area contributed by atoms with Crippen LogP contribution in [0.5, 0.6) is 5.88 Å². The minimum Gasteiger partial charge on any atom is -0.472 e. The SMILES string of the molecule is CNC[C@@H]1Oc2ncc(-c3cccc(F)c3)cc2C(=O)N([C@@H](C)CO)C[C@@H]1C. The first kappa shape index (κ1) is 20.2. The molecule has 3 atom stereocenters. The van der Waals surface area contributed by atoms with Crippen LogP contribution in [0.2, 0.25) is 0 Å². The van der Waals surface area contributed by atoms with Crippen LogP contribution in [0.1, 0.15) is 24.2 Å². The third-order valence-corrected chi connectivity index (χ3v) is 5.08. The van der Waals surface area contributed by atoms with Gasteiger partial charge in [0.25, 0.3) is 5.91 Å². The average molecular weight is 387 g/mol. The molecular weight excluding hydrogens is 361 g/mol. The molecule has 0 saturated heterocycles. The number of nitrogens with zero attached hydrogens (tertiary/aromatic N) is 2. The Morgan fingerprint density at radius 1 is 1.39 bits per heavy atom. The molecule has 3 rings (SSSR count). The molecule has 0 bridgehead atoms. The predicted octanol–water partition coefficient (Wildman–Crippen LogP) is 2.33. The molecule has 2 aromatic rings. The summed E-state index contributed by atoms with van der Waals surface area (Å²) in [5.41, 5.74) is 1.58. The summed E-state index contributed by atoms with van der Waals surface area (Å²) in [7, 11) is 1.84. The molecule has 1 aromatic carbocycles. The van der Waals surface area contributed by atoms with Gasteiger partial charge in [-0.15, -0.1) is 0 Å². The van der Waals surface area contributed by atoms with Crippen LogP contribution in [0.3, 0.4) is 0 Å². The van der Waals surface area contributed by atoms with Crippen LogP contribution in [0.25, 0.3) is 11.1 Å². The molecule has 0 spiro atoms. The number of fused-ring (bicyclic) bond motifs is 1. The monoisotopic (exact) mass is 387 g/mol. The second kappa shape index (κ2) is 8.67. The van der Waals surface area contributed by atoms with Crippen LogP contribution in [0.4, 0.5) is 4.39 Å². The summed E-state index contributed by atoms with van der Waals surface area (Å²) in [4.78, 5) is 19.3. The second-order valence-electron chi connectivity index (χ2n) is 7.27. The van der Waals surface area contributed by atoms with Crippen molar-refractivity contribution in [1.82, 2.24) is 15.2 Å². The first-order valence-corrected chi connectivity index (χ1v) is 9.43. The Labute approximate surface area is 164 Å². The highest BCUT2D eigenvalue weighted by Crippen LogP contribution is 2.30. The summed E-state index contributed by atoms with van der Waals surface area (Å²) in [6, 6.07) is 7.49. The maximum absolute atomic E-state index is 13.6. The number of carbonyl (C=O) groups is 1. The summed E-state index contributed by atoms with van der Waals surface area (Å²) >= 11 is 0. The topological polar surface area (TPSA) is 74.7 Å². The molecule has 0 unspecified atom stereocenters. The summed E-state index contributed by atoms with van der Waals surface area (Å²) in [6.07, 6.45) is 1.40. The number of benzene rings is 1. The van der Waals surface area contributed by atoms with E-state index >= 15 is 0 Å². The number of aliphatic hydroxyl groups is 1. The summed E-state index contributed by atoms with van der Waals surface area (Å²) in [5, 5.41) is 12.8. The zero-order valence-electron chi connectivity index (χ0n) is 16.4. The van der Waals surface area contributed by atoms with E-state index in [0.717, 1.165) is 0 Å². The quantitative estimate of drug-likeness (QED) is 0.824. The first-order valence-electron chi connectivity index (χ1n) is 9.43. The third-order valence-electron chi connectivity index (χ3n) is 5.08. The van der Waals surface area contributed by atoms with Crippen molar-refractivity contribution in [3.8, 4) is 17.0 Å². The second-order valence-corrected chi connectivity index (χ2v) is 7.27. The lowest BCUT2D eigenvalue weighted by Crippen LogP contribution is -2.49. The number of carbonyl (C=O) groups excluding carboxylic acids is 1. The average Bonchev–Trinajstić information content (AvgIpc) is 2.70. The van der Waals surface area contributed by atoms with Crippen molar-refractivity contribution in [2.45, 2.75) is 26.0 Å².